The van der Waals surface area contributed by atoms with Crippen LogP contribution in [0.3, 0.4) is 0 Å². The Morgan fingerprint density at radius 2 is 1.90 bits per heavy atom. The number of hydrogen-bond acceptors (Lipinski definition) is 1. The Bertz CT molecular complexity index is 640. The third-order valence-electron chi connectivity index (χ3n) is 3.00. The number of hydrogen-bond donors (Lipinski definition) is 1. The summed E-state index contributed by atoms with van der Waals surface area (Å²) in [7, 11) is 0. The van der Waals surface area contributed by atoms with Crippen LogP contribution in [0.4, 0.5) is 10.1 Å². The van der Waals surface area contributed by atoms with E-state index in [1.54, 1.807) is 0 Å². The quantitative estimate of drug-likeness (QED) is 0.843. The van der Waals surface area contributed by atoms with Gasteiger partial charge in [0.05, 0.1) is 5.56 Å². The minimum absolute atomic E-state index is 0.281. The Morgan fingerprint density at radius 3 is 2.60 bits per heavy atom. The highest BCUT2D eigenvalue weighted by atomic mass is 79.9. The molecule has 0 aliphatic carbocycles. The normalized spacial score (nSPS) is 10.7. The molecule has 0 aliphatic heterocycles. The van der Waals surface area contributed by atoms with Gasteiger partial charge in [0.2, 0.25) is 0 Å². The lowest BCUT2D eigenvalue weighted by Gasteiger charge is -2.14. The van der Waals surface area contributed by atoms with Crippen molar-refractivity contribution in [3.8, 4) is 0 Å². The van der Waals surface area contributed by atoms with Crippen molar-refractivity contribution in [2.75, 3.05) is 5.32 Å². The van der Waals surface area contributed by atoms with Crippen molar-refractivity contribution in [3.63, 3.8) is 0 Å². The molecule has 0 heterocycles. The van der Waals surface area contributed by atoms with Crippen LogP contribution in [0.1, 0.15) is 35.7 Å². The first-order chi connectivity index (χ1) is 9.49. The summed E-state index contributed by atoms with van der Waals surface area (Å²) < 4.78 is 13.8. The summed E-state index contributed by atoms with van der Waals surface area (Å²) in [5.41, 5.74) is 2.08. The molecule has 0 saturated heterocycles. The highest BCUT2D eigenvalue weighted by Gasteiger charge is 2.14. The Balaban J connectivity index is 2.31. The van der Waals surface area contributed by atoms with Gasteiger partial charge in [0, 0.05) is 10.2 Å². The van der Waals surface area contributed by atoms with Crippen LogP contribution in [0, 0.1) is 5.82 Å². The molecule has 1 amide bonds. The second-order valence-electron chi connectivity index (χ2n) is 4.82. The molecule has 0 atom stereocenters. The van der Waals surface area contributed by atoms with Crippen LogP contribution < -0.4 is 5.32 Å². The van der Waals surface area contributed by atoms with Gasteiger partial charge in [-0.2, -0.15) is 0 Å². The van der Waals surface area contributed by atoms with E-state index < -0.39 is 5.82 Å². The van der Waals surface area contributed by atoms with Crippen LogP contribution in [0.15, 0.2) is 46.9 Å². The van der Waals surface area contributed by atoms with E-state index >= 15 is 0 Å². The molecule has 0 radical (unpaired) electrons. The average Bonchev–Trinajstić information content (AvgIpc) is 2.41. The van der Waals surface area contributed by atoms with Gasteiger partial charge in [-0.3, -0.25) is 4.79 Å². The highest BCUT2D eigenvalue weighted by molar-refractivity contribution is 9.10. The van der Waals surface area contributed by atoms with Crippen LogP contribution >= 0.6 is 15.9 Å². The summed E-state index contributed by atoms with van der Waals surface area (Å²) >= 11 is 3.26. The van der Waals surface area contributed by atoms with Crippen LogP contribution in [0.2, 0.25) is 0 Å². The zero-order valence-electron chi connectivity index (χ0n) is 11.3. The van der Waals surface area contributed by atoms with Crippen LogP contribution in [-0.2, 0) is 0 Å². The van der Waals surface area contributed by atoms with Crippen LogP contribution in [-0.4, -0.2) is 5.91 Å². The number of para-hydroxylation sites is 1. The number of amides is 1. The zero-order chi connectivity index (χ0) is 14.7. The molecule has 1 N–H and O–H groups in total. The SMILES string of the molecule is CC(C)c1ccccc1NC(=O)c1cc(F)ccc1Br. The molecule has 0 bridgehead atoms. The molecule has 2 aromatic carbocycles. The van der Waals surface area contributed by atoms with Crippen molar-refractivity contribution in [2.45, 2.75) is 19.8 Å². The summed E-state index contributed by atoms with van der Waals surface area (Å²) in [5, 5.41) is 2.84. The molecule has 0 aromatic heterocycles. The van der Waals surface area contributed by atoms with Crippen molar-refractivity contribution in [2.24, 2.45) is 0 Å². The number of benzene rings is 2. The maximum absolute atomic E-state index is 13.3. The standard InChI is InChI=1S/C16H15BrFNO/c1-10(2)12-5-3-4-6-15(12)19-16(20)13-9-11(18)7-8-14(13)17/h3-10H,1-2H3,(H,19,20). The van der Waals surface area contributed by atoms with E-state index in [1.807, 2.05) is 24.3 Å². The van der Waals surface area contributed by atoms with Crippen molar-refractivity contribution < 1.29 is 9.18 Å². The smallest absolute Gasteiger partial charge is 0.256 e. The van der Waals surface area contributed by atoms with Gasteiger partial charge in [0.25, 0.3) is 5.91 Å². The van der Waals surface area contributed by atoms with Crippen molar-refractivity contribution in [1.29, 1.82) is 0 Å². The van der Waals surface area contributed by atoms with Crippen molar-refractivity contribution in [3.05, 3.63) is 63.9 Å². The minimum Gasteiger partial charge on any atom is -0.322 e. The van der Waals surface area contributed by atoms with E-state index in [9.17, 15) is 9.18 Å². The predicted molar refractivity (Wildman–Crippen MR) is 82.6 cm³/mol. The van der Waals surface area contributed by atoms with Gasteiger partial charge in [0.15, 0.2) is 0 Å². The van der Waals surface area contributed by atoms with Gasteiger partial charge < -0.3 is 5.32 Å². The van der Waals surface area contributed by atoms with Gasteiger partial charge >= 0.3 is 0 Å². The molecule has 0 fully saturated rings. The predicted octanol–water partition coefficient (Wildman–Crippen LogP) is 4.96. The highest BCUT2D eigenvalue weighted by Crippen LogP contribution is 2.25. The first kappa shape index (κ1) is 14.7. The van der Waals surface area contributed by atoms with Gasteiger partial charge in [0.1, 0.15) is 5.82 Å². The number of halogens is 2. The molecule has 4 heteroatoms. The maximum atomic E-state index is 13.3. The van der Waals surface area contributed by atoms with Gasteiger partial charge in [-0.25, -0.2) is 4.39 Å². The molecule has 0 aliphatic rings. The number of anilines is 1. The fourth-order valence-electron chi connectivity index (χ4n) is 1.98. The largest absolute Gasteiger partial charge is 0.322 e. The van der Waals surface area contributed by atoms with E-state index in [0.29, 0.717) is 10.4 Å². The minimum atomic E-state index is -0.435. The molecule has 20 heavy (non-hydrogen) atoms. The second kappa shape index (κ2) is 6.18. The first-order valence-corrected chi connectivity index (χ1v) is 7.13. The Kier molecular flexibility index (Phi) is 4.55. The van der Waals surface area contributed by atoms with Crippen molar-refractivity contribution in [1.82, 2.24) is 0 Å². The summed E-state index contributed by atoms with van der Waals surface area (Å²) in [6.07, 6.45) is 0. The lowest BCUT2D eigenvalue weighted by atomic mass is 10.0. The molecule has 104 valence electrons. The Morgan fingerprint density at radius 1 is 1.20 bits per heavy atom. The molecule has 2 nitrogen and oxygen atoms in total. The molecular formula is C16H15BrFNO. The topological polar surface area (TPSA) is 29.1 Å². The molecule has 0 saturated carbocycles. The number of carbonyl (C=O) groups excluding carboxylic acids is 1. The summed E-state index contributed by atoms with van der Waals surface area (Å²) in [6, 6.07) is 11.7. The first-order valence-electron chi connectivity index (χ1n) is 6.34. The number of rotatable bonds is 3. The molecule has 2 rings (SSSR count). The van der Waals surface area contributed by atoms with Gasteiger partial charge in [-0.15, -0.1) is 0 Å². The summed E-state index contributed by atoms with van der Waals surface area (Å²) in [4.78, 5) is 12.3. The number of nitrogens with one attached hydrogen (secondary N) is 1. The van der Waals surface area contributed by atoms with E-state index in [4.69, 9.17) is 0 Å². The van der Waals surface area contributed by atoms with Crippen LogP contribution in [0.5, 0.6) is 0 Å². The van der Waals surface area contributed by atoms with Gasteiger partial charge in [-0.05, 0) is 51.7 Å². The maximum Gasteiger partial charge on any atom is 0.256 e. The third kappa shape index (κ3) is 3.25. The average molecular weight is 336 g/mol. The Labute approximate surface area is 126 Å². The molecule has 0 unspecified atom stereocenters. The Hall–Kier alpha value is -1.68. The van der Waals surface area contributed by atoms with Gasteiger partial charge in [-0.1, -0.05) is 32.0 Å². The zero-order valence-corrected chi connectivity index (χ0v) is 12.9. The fourth-order valence-corrected chi connectivity index (χ4v) is 2.40. The molecular weight excluding hydrogens is 321 g/mol. The van der Waals surface area contributed by atoms with E-state index in [2.05, 4.69) is 35.1 Å². The van der Waals surface area contributed by atoms with Crippen LogP contribution in [0.25, 0.3) is 0 Å². The molecule has 0 spiro atoms. The fraction of sp³-hybridized carbons (Fsp3) is 0.188. The lowest BCUT2D eigenvalue weighted by molar-refractivity contribution is 0.102. The van der Waals surface area contributed by atoms with E-state index in [0.717, 1.165) is 11.3 Å². The van der Waals surface area contributed by atoms with E-state index in [1.165, 1.54) is 18.2 Å². The monoisotopic (exact) mass is 335 g/mol. The lowest BCUT2D eigenvalue weighted by Crippen LogP contribution is -2.14. The number of carbonyl (C=O) groups is 1. The van der Waals surface area contributed by atoms with E-state index in [-0.39, 0.29) is 11.5 Å². The summed E-state index contributed by atoms with van der Waals surface area (Å²) in [5.74, 6) is -0.470. The van der Waals surface area contributed by atoms with Crippen molar-refractivity contribution >= 4 is 27.5 Å². The summed E-state index contributed by atoms with van der Waals surface area (Å²) in [6.45, 7) is 4.12. The molecule has 2 aromatic rings. The second-order valence-corrected chi connectivity index (χ2v) is 5.67. The third-order valence-corrected chi connectivity index (χ3v) is 3.70.